The van der Waals surface area contributed by atoms with Gasteiger partial charge in [-0.15, -0.1) is 0 Å². The van der Waals surface area contributed by atoms with Gasteiger partial charge in [0.2, 0.25) is 0 Å². The van der Waals surface area contributed by atoms with Crippen LogP contribution in [-0.4, -0.2) is 19.2 Å². The summed E-state index contributed by atoms with van der Waals surface area (Å²) in [4.78, 5) is 15.7. The Labute approximate surface area is 152 Å². The highest BCUT2D eigenvalue weighted by Gasteiger charge is 2.13. The number of pyridine rings is 1. The third-order valence-electron chi connectivity index (χ3n) is 3.61. The summed E-state index contributed by atoms with van der Waals surface area (Å²) in [5.74, 6) is 0.203. The zero-order chi connectivity index (χ0) is 18.6. The summed E-state index contributed by atoms with van der Waals surface area (Å²) in [6.07, 6.45) is 1.52. The van der Waals surface area contributed by atoms with Gasteiger partial charge in [-0.25, -0.2) is 13.4 Å². The van der Waals surface area contributed by atoms with Crippen LogP contribution in [0.4, 0.5) is 17.2 Å². The van der Waals surface area contributed by atoms with Gasteiger partial charge in [-0.3, -0.25) is 9.52 Å². The Bertz CT molecular complexity index is 1020. The number of rotatable bonds is 6. The molecule has 0 fully saturated rings. The highest BCUT2D eigenvalue weighted by molar-refractivity contribution is 7.92. The summed E-state index contributed by atoms with van der Waals surface area (Å²) in [6, 6.07) is 18.5. The van der Waals surface area contributed by atoms with Gasteiger partial charge < -0.3 is 5.32 Å². The molecule has 0 radical (unpaired) electrons. The standard InChI is InChI=1S/C19H17N3O3S/c1-14(23)15-6-5-7-16(12-15)21-17-10-11-19(20-13-17)22-26(24,25)18-8-3-2-4-9-18/h2-13,21H,1H3,(H,20,22). The lowest BCUT2D eigenvalue weighted by Crippen LogP contribution is -2.13. The van der Waals surface area contributed by atoms with Gasteiger partial charge in [0.1, 0.15) is 5.82 Å². The van der Waals surface area contributed by atoms with Crippen LogP contribution in [0.5, 0.6) is 0 Å². The average Bonchev–Trinajstić information content (AvgIpc) is 2.64. The molecule has 0 saturated carbocycles. The second-order valence-corrected chi connectivity index (χ2v) is 7.30. The van der Waals surface area contributed by atoms with Crippen molar-refractivity contribution in [1.82, 2.24) is 4.98 Å². The van der Waals surface area contributed by atoms with Crippen molar-refractivity contribution >= 4 is 33.0 Å². The second kappa shape index (κ2) is 7.37. The van der Waals surface area contributed by atoms with Crippen molar-refractivity contribution < 1.29 is 13.2 Å². The van der Waals surface area contributed by atoms with E-state index >= 15 is 0 Å². The van der Waals surface area contributed by atoms with Gasteiger partial charge in [0.25, 0.3) is 10.0 Å². The lowest BCUT2D eigenvalue weighted by molar-refractivity contribution is 0.101. The molecule has 3 rings (SSSR count). The summed E-state index contributed by atoms with van der Waals surface area (Å²) in [6.45, 7) is 1.51. The molecule has 0 bridgehead atoms. The van der Waals surface area contributed by atoms with Gasteiger partial charge in [0.15, 0.2) is 5.78 Å². The van der Waals surface area contributed by atoms with E-state index in [0.29, 0.717) is 11.3 Å². The molecular weight excluding hydrogens is 350 g/mol. The predicted molar refractivity (Wildman–Crippen MR) is 101 cm³/mol. The highest BCUT2D eigenvalue weighted by atomic mass is 32.2. The third-order valence-corrected chi connectivity index (χ3v) is 4.98. The van der Waals surface area contributed by atoms with E-state index in [-0.39, 0.29) is 16.5 Å². The Morgan fingerprint density at radius 2 is 1.69 bits per heavy atom. The molecular formula is C19H17N3O3S. The molecule has 0 amide bonds. The first-order valence-corrected chi connectivity index (χ1v) is 9.34. The molecule has 6 nitrogen and oxygen atoms in total. The van der Waals surface area contributed by atoms with Crippen molar-refractivity contribution in [2.75, 3.05) is 10.0 Å². The minimum absolute atomic E-state index is 0.0163. The maximum atomic E-state index is 12.3. The zero-order valence-corrected chi connectivity index (χ0v) is 14.8. The molecule has 0 saturated heterocycles. The number of carbonyl (C=O) groups is 1. The molecule has 0 aliphatic rings. The van der Waals surface area contributed by atoms with Gasteiger partial charge in [0, 0.05) is 11.3 Å². The van der Waals surface area contributed by atoms with E-state index < -0.39 is 10.0 Å². The molecule has 1 aromatic heterocycles. The lowest BCUT2D eigenvalue weighted by Gasteiger charge is -2.10. The molecule has 132 valence electrons. The Morgan fingerprint density at radius 3 is 2.35 bits per heavy atom. The van der Waals surface area contributed by atoms with Gasteiger partial charge in [-0.05, 0) is 43.3 Å². The van der Waals surface area contributed by atoms with E-state index in [9.17, 15) is 13.2 Å². The maximum Gasteiger partial charge on any atom is 0.263 e. The quantitative estimate of drug-likeness (QED) is 0.647. The number of Topliss-reactive ketones (excluding diaryl/α,β-unsaturated/α-hetero) is 1. The topological polar surface area (TPSA) is 88.2 Å². The van der Waals surface area contributed by atoms with Crippen LogP contribution in [0.25, 0.3) is 0 Å². The summed E-state index contributed by atoms with van der Waals surface area (Å²) in [7, 11) is -3.67. The fourth-order valence-corrected chi connectivity index (χ4v) is 3.34. The highest BCUT2D eigenvalue weighted by Crippen LogP contribution is 2.20. The van der Waals surface area contributed by atoms with Gasteiger partial charge in [0.05, 0.1) is 16.8 Å². The van der Waals surface area contributed by atoms with Crippen LogP contribution in [0.3, 0.4) is 0 Å². The minimum Gasteiger partial charge on any atom is -0.354 e. The smallest absolute Gasteiger partial charge is 0.263 e. The Balaban J connectivity index is 1.73. The lowest BCUT2D eigenvalue weighted by atomic mass is 10.1. The second-order valence-electron chi connectivity index (χ2n) is 5.61. The number of nitrogens with one attached hydrogen (secondary N) is 2. The summed E-state index contributed by atoms with van der Waals surface area (Å²) in [5, 5.41) is 3.13. The molecule has 0 aliphatic carbocycles. The predicted octanol–water partition coefficient (Wildman–Crippen LogP) is 3.83. The van der Waals surface area contributed by atoms with Crippen LogP contribution in [0, 0.1) is 0 Å². The van der Waals surface area contributed by atoms with E-state index in [1.54, 1.807) is 48.5 Å². The monoisotopic (exact) mass is 367 g/mol. The average molecular weight is 367 g/mol. The van der Waals surface area contributed by atoms with Gasteiger partial charge in [-0.2, -0.15) is 0 Å². The number of aromatic nitrogens is 1. The summed E-state index contributed by atoms with van der Waals surface area (Å²) >= 11 is 0. The number of ketones is 1. The Hall–Kier alpha value is -3.19. The van der Waals surface area contributed by atoms with E-state index in [1.165, 1.54) is 25.3 Å². The SMILES string of the molecule is CC(=O)c1cccc(Nc2ccc(NS(=O)(=O)c3ccccc3)nc2)c1. The van der Waals surface area contributed by atoms with Crippen LogP contribution in [0.2, 0.25) is 0 Å². The first-order valence-electron chi connectivity index (χ1n) is 7.86. The van der Waals surface area contributed by atoms with Crippen molar-refractivity contribution in [1.29, 1.82) is 0 Å². The molecule has 0 aliphatic heterocycles. The van der Waals surface area contributed by atoms with Crippen LogP contribution < -0.4 is 10.0 Å². The minimum atomic E-state index is -3.67. The van der Waals surface area contributed by atoms with Gasteiger partial charge >= 0.3 is 0 Å². The van der Waals surface area contributed by atoms with Crippen molar-refractivity contribution in [2.24, 2.45) is 0 Å². The normalized spacial score (nSPS) is 11.0. The van der Waals surface area contributed by atoms with Gasteiger partial charge in [-0.1, -0.05) is 30.3 Å². The Morgan fingerprint density at radius 1 is 0.923 bits per heavy atom. The molecule has 0 spiro atoms. The number of hydrogen-bond acceptors (Lipinski definition) is 5. The van der Waals surface area contributed by atoms with Crippen LogP contribution in [0.15, 0.2) is 77.8 Å². The van der Waals surface area contributed by atoms with E-state index in [2.05, 4.69) is 15.0 Å². The molecule has 3 aromatic rings. The van der Waals surface area contributed by atoms with Crippen LogP contribution >= 0.6 is 0 Å². The first-order chi connectivity index (χ1) is 12.4. The van der Waals surface area contributed by atoms with E-state index in [4.69, 9.17) is 0 Å². The van der Waals surface area contributed by atoms with Crippen molar-refractivity contribution in [3.8, 4) is 0 Å². The van der Waals surface area contributed by atoms with E-state index in [0.717, 1.165) is 5.69 Å². The molecule has 2 N–H and O–H groups in total. The maximum absolute atomic E-state index is 12.3. The van der Waals surface area contributed by atoms with Crippen molar-refractivity contribution in [2.45, 2.75) is 11.8 Å². The van der Waals surface area contributed by atoms with E-state index in [1.807, 2.05) is 6.07 Å². The number of nitrogens with zero attached hydrogens (tertiary/aromatic N) is 1. The molecule has 0 atom stereocenters. The van der Waals surface area contributed by atoms with Crippen molar-refractivity contribution in [3.05, 3.63) is 78.5 Å². The largest absolute Gasteiger partial charge is 0.354 e. The van der Waals surface area contributed by atoms with Crippen molar-refractivity contribution in [3.63, 3.8) is 0 Å². The van der Waals surface area contributed by atoms with Crippen LogP contribution in [-0.2, 0) is 10.0 Å². The summed E-state index contributed by atoms with van der Waals surface area (Å²) in [5.41, 5.74) is 2.03. The number of benzene rings is 2. The molecule has 26 heavy (non-hydrogen) atoms. The molecule has 7 heteroatoms. The zero-order valence-electron chi connectivity index (χ0n) is 14.0. The summed E-state index contributed by atoms with van der Waals surface area (Å²) < 4.78 is 27.0. The number of carbonyl (C=O) groups excluding carboxylic acids is 1. The Kier molecular flexibility index (Phi) is 4.99. The number of sulfonamides is 1. The fraction of sp³-hybridized carbons (Fsp3) is 0.0526. The first kappa shape index (κ1) is 17.6. The third kappa shape index (κ3) is 4.25. The molecule has 0 unspecified atom stereocenters. The molecule has 1 heterocycles. The van der Waals surface area contributed by atoms with Crippen LogP contribution in [0.1, 0.15) is 17.3 Å². The number of anilines is 3. The fourth-order valence-electron chi connectivity index (χ4n) is 2.31. The number of hydrogen-bond donors (Lipinski definition) is 2. The molecule has 2 aromatic carbocycles.